The second-order valence-corrected chi connectivity index (χ2v) is 4.70. The van der Waals surface area contributed by atoms with Gasteiger partial charge in [0.2, 0.25) is 0 Å². The quantitative estimate of drug-likeness (QED) is 0.762. The summed E-state index contributed by atoms with van der Waals surface area (Å²) in [6, 6.07) is 0.256. The fraction of sp³-hybridized carbons (Fsp3) is 0.583. The summed E-state index contributed by atoms with van der Waals surface area (Å²) >= 11 is 0. The van der Waals surface area contributed by atoms with Gasteiger partial charge in [-0.2, -0.15) is 0 Å². The molecule has 1 aliphatic rings. The van der Waals surface area contributed by atoms with Crippen molar-refractivity contribution in [2.24, 2.45) is 18.7 Å². The molecule has 1 aromatic rings. The number of imidazole rings is 1. The monoisotopic (exact) mass is 220 g/mol. The first kappa shape index (κ1) is 11.4. The van der Waals surface area contributed by atoms with Crippen LogP contribution in [-0.4, -0.2) is 34.1 Å². The number of hydrogen-bond donors (Lipinski definition) is 1. The van der Waals surface area contributed by atoms with E-state index in [2.05, 4.69) is 33.7 Å². The molecule has 0 radical (unpaired) electrons. The summed E-state index contributed by atoms with van der Waals surface area (Å²) < 4.78 is 2.06. The molecule has 1 aliphatic carbocycles. The molecule has 16 heavy (non-hydrogen) atoms. The Labute approximate surface area is 96.8 Å². The standard InChI is InChI=1S/C12H20N4/c1-15(8-10-3-4-11(13)7-10)9-12-14-5-6-16(12)2/h3-6,10-11H,7-9,13H2,1-2H3. The zero-order valence-electron chi connectivity index (χ0n) is 10.0. The first-order valence-electron chi connectivity index (χ1n) is 5.74. The van der Waals surface area contributed by atoms with Crippen LogP contribution in [0.15, 0.2) is 24.5 Å². The van der Waals surface area contributed by atoms with Gasteiger partial charge in [-0.25, -0.2) is 4.98 Å². The molecule has 88 valence electrons. The predicted octanol–water partition coefficient (Wildman–Crippen LogP) is 0.755. The van der Waals surface area contributed by atoms with Crippen molar-refractivity contribution in [2.45, 2.75) is 19.0 Å². The minimum Gasteiger partial charge on any atom is -0.337 e. The minimum absolute atomic E-state index is 0.256. The fourth-order valence-corrected chi connectivity index (χ4v) is 2.20. The molecular formula is C12H20N4. The molecule has 4 heteroatoms. The highest BCUT2D eigenvalue weighted by atomic mass is 15.1. The fourth-order valence-electron chi connectivity index (χ4n) is 2.20. The van der Waals surface area contributed by atoms with Gasteiger partial charge in [0.1, 0.15) is 5.82 Å². The van der Waals surface area contributed by atoms with Gasteiger partial charge < -0.3 is 10.3 Å². The lowest BCUT2D eigenvalue weighted by Gasteiger charge is -2.20. The molecule has 2 atom stereocenters. The predicted molar refractivity (Wildman–Crippen MR) is 64.8 cm³/mol. The van der Waals surface area contributed by atoms with Gasteiger partial charge in [-0.1, -0.05) is 12.2 Å². The molecule has 0 amide bonds. The lowest BCUT2D eigenvalue weighted by atomic mass is 10.1. The van der Waals surface area contributed by atoms with Gasteiger partial charge in [-0.15, -0.1) is 0 Å². The van der Waals surface area contributed by atoms with E-state index in [1.54, 1.807) is 0 Å². The average molecular weight is 220 g/mol. The normalized spacial score (nSPS) is 24.5. The molecule has 4 nitrogen and oxygen atoms in total. The summed E-state index contributed by atoms with van der Waals surface area (Å²) in [7, 11) is 4.16. The van der Waals surface area contributed by atoms with Crippen molar-refractivity contribution in [3.8, 4) is 0 Å². The third-order valence-electron chi connectivity index (χ3n) is 3.08. The van der Waals surface area contributed by atoms with E-state index in [-0.39, 0.29) is 6.04 Å². The Bertz CT molecular complexity index is 369. The molecule has 1 heterocycles. The first-order valence-corrected chi connectivity index (χ1v) is 5.74. The van der Waals surface area contributed by atoms with Crippen LogP contribution in [0.4, 0.5) is 0 Å². The van der Waals surface area contributed by atoms with Gasteiger partial charge in [0.15, 0.2) is 0 Å². The van der Waals surface area contributed by atoms with E-state index in [0.29, 0.717) is 5.92 Å². The van der Waals surface area contributed by atoms with Gasteiger partial charge >= 0.3 is 0 Å². The molecule has 2 N–H and O–H groups in total. The van der Waals surface area contributed by atoms with E-state index in [1.165, 1.54) is 0 Å². The number of nitrogens with two attached hydrogens (primary N) is 1. The highest BCUT2D eigenvalue weighted by Crippen LogP contribution is 2.17. The van der Waals surface area contributed by atoms with Crippen molar-refractivity contribution in [1.29, 1.82) is 0 Å². The lowest BCUT2D eigenvalue weighted by molar-refractivity contribution is 0.279. The smallest absolute Gasteiger partial charge is 0.122 e. The van der Waals surface area contributed by atoms with Gasteiger partial charge in [0.25, 0.3) is 0 Å². The van der Waals surface area contributed by atoms with Crippen molar-refractivity contribution in [3.63, 3.8) is 0 Å². The molecule has 0 bridgehead atoms. The molecule has 0 spiro atoms. The minimum atomic E-state index is 0.256. The number of nitrogens with zero attached hydrogens (tertiary/aromatic N) is 3. The van der Waals surface area contributed by atoms with Crippen LogP contribution in [0.5, 0.6) is 0 Å². The SMILES string of the molecule is CN(Cc1nccn1C)CC1C=CC(N)C1. The van der Waals surface area contributed by atoms with Crippen molar-refractivity contribution in [2.75, 3.05) is 13.6 Å². The lowest BCUT2D eigenvalue weighted by Crippen LogP contribution is -2.27. The van der Waals surface area contributed by atoms with E-state index < -0.39 is 0 Å². The Morgan fingerprint density at radius 1 is 1.56 bits per heavy atom. The topological polar surface area (TPSA) is 47.1 Å². The first-order chi connectivity index (χ1) is 7.65. The molecule has 0 fully saturated rings. The molecule has 0 aromatic carbocycles. The maximum absolute atomic E-state index is 5.84. The Morgan fingerprint density at radius 3 is 2.94 bits per heavy atom. The maximum Gasteiger partial charge on any atom is 0.122 e. The number of aryl methyl sites for hydroxylation is 1. The Balaban J connectivity index is 1.83. The average Bonchev–Trinajstić information content (AvgIpc) is 2.77. The van der Waals surface area contributed by atoms with Crippen LogP contribution in [0, 0.1) is 5.92 Å². The van der Waals surface area contributed by atoms with Crippen molar-refractivity contribution < 1.29 is 0 Å². The molecular weight excluding hydrogens is 200 g/mol. The van der Waals surface area contributed by atoms with Crippen LogP contribution in [0.3, 0.4) is 0 Å². The summed E-state index contributed by atoms with van der Waals surface area (Å²) in [5, 5.41) is 0. The van der Waals surface area contributed by atoms with Crippen molar-refractivity contribution in [1.82, 2.24) is 14.5 Å². The molecule has 0 saturated heterocycles. The summed E-state index contributed by atoms with van der Waals surface area (Å²) in [5.74, 6) is 1.70. The number of rotatable bonds is 4. The van der Waals surface area contributed by atoms with Crippen LogP contribution in [0.1, 0.15) is 12.2 Å². The Morgan fingerprint density at radius 2 is 2.38 bits per heavy atom. The summed E-state index contributed by atoms with van der Waals surface area (Å²) in [5.41, 5.74) is 5.84. The van der Waals surface area contributed by atoms with E-state index in [4.69, 9.17) is 5.73 Å². The molecule has 2 unspecified atom stereocenters. The van der Waals surface area contributed by atoms with Gasteiger partial charge in [-0.3, -0.25) is 4.90 Å². The summed E-state index contributed by atoms with van der Waals surface area (Å²) in [6.45, 7) is 1.94. The molecule has 1 aromatic heterocycles. The third-order valence-corrected chi connectivity index (χ3v) is 3.08. The van der Waals surface area contributed by atoms with Crippen LogP contribution in [0.25, 0.3) is 0 Å². The third kappa shape index (κ3) is 2.71. The van der Waals surface area contributed by atoms with Crippen LogP contribution in [-0.2, 0) is 13.6 Å². The summed E-state index contributed by atoms with van der Waals surface area (Å²) in [4.78, 5) is 6.62. The van der Waals surface area contributed by atoms with E-state index in [1.807, 2.05) is 19.4 Å². The zero-order valence-corrected chi connectivity index (χ0v) is 10.0. The second kappa shape index (κ2) is 4.80. The van der Waals surface area contributed by atoms with Crippen molar-refractivity contribution >= 4 is 0 Å². The number of aromatic nitrogens is 2. The molecule has 0 aliphatic heterocycles. The van der Waals surface area contributed by atoms with Crippen LogP contribution in [0.2, 0.25) is 0 Å². The molecule has 0 saturated carbocycles. The Hall–Kier alpha value is -1.13. The number of hydrogen-bond acceptors (Lipinski definition) is 3. The van der Waals surface area contributed by atoms with E-state index >= 15 is 0 Å². The van der Waals surface area contributed by atoms with E-state index in [0.717, 1.165) is 25.3 Å². The van der Waals surface area contributed by atoms with E-state index in [9.17, 15) is 0 Å². The highest BCUT2D eigenvalue weighted by molar-refractivity contribution is 5.05. The zero-order chi connectivity index (χ0) is 11.5. The summed E-state index contributed by atoms with van der Waals surface area (Å²) in [6.07, 6.45) is 9.24. The van der Waals surface area contributed by atoms with Gasteiger partial charge in [0.05, 0.1) is 6.54 Å². The largest absolute Gasteiger partial charge is 0.337 e. The van der Waals surface area contributed by atoms with Crippen LogP contribution < -0.4 is 5.73 Å². The van der Waals surface area contributed by atoms with Crippen LogP contribution >= 0.6 is 0 Å². The second-order valence-electron chi connectivity index (χ2n) is 4.70. The van der Waals surface area contributed by atoms with Gasteiger partial charge in [-0.05, 0) is 19.4 Å². The molecule has 2 rings (SSSR count). The van der Waals surface area contributed by atoms with Crippen molar-refractivity contribution in [3.05, 3.63) is 30.4 Å². The Kier molecular flexibility index (Phi) is 3.41. The highest BCUT2D eigenvalue weighted by Gasteiger charge is 2.17. The maximum atomic E-state index is 5.84. The van der Waals surface area contributed by atoms with Gasteiger partial charge in [0, 0.05) is 32.0 Å².